The van der Waals surface area contributed by atoms with Crippen molar-refractivity contribution in [3.05, 3.63) is 34.3 Å². The molecular formula is C17H24BrNO2. The summed E-state index contributed by atoms with van der Waals surface area (Å²) in [6.07, 6.45) is 1.74. The van der Waals surface area contributed by atoms with Gasteiger partial charge in [-0.2, -0.15) is 0 Å². The molecule has 0 aliphatic carbocycles. The molecule has 3 nitrogen and oxygen atoms in total. The van der Waals surface area contributed by atoms with E-state index in [9.17, 15) is 9.90 Å². The number of aliphatic carboxylic acids is 1. The Kier molecular flexibility index (Phi) is 5.10. The second-order valence-electron chi connectivity index (χ2n) is 6.31. The van der Waals surface area contributed by atoms with E-state index in [0.29, 0.717) is 12.6 Å². The molecule has 1 aromatic rings. The van der Waals surface area contributed by atoms with Crippen molar-refractivity contribution in [3.63, 3.8) is 0 Å². The molecule has 1 aliphatic rings. The summed E-state index contributed by atoms with van der Waals surface area (Å²) in [5.41, 5.74) is 0.675. The third-order valence-electron chi connectivity index (χ3n) is 4.94. The highest BCUT2D eigenvalue weighted by Crippen LogP contribution is 2.42. The van der Waals surface area contributed by atoms with Crippen molar-refractivity contribution >= 4 is 21.9 Å². The zero-order valence-corrected chi connectivity index (χ0v) is 14.6. The van der Waals surface area contributed by atoms with Gasteiger partial charge in [-0.15, -0.1) is 0 Å². The zero-order valence-electron chi connectivity index (χ0n) is 13.0. The molecule has 1 aromatic carbocycles. The van der Waals surface area contributed by atoms with E-state index >= 15 is 0 Å². The SMILES string of the molecule is CCC(c1ccc(Br)cc1)N1CCC(C(=O)O)(C(C)C)C1. The number of carboxylic acids is 1. The highest BCUT2D eigenvalue weighted by atomic mass is 79.9. The Morgan fingerprint density at radius 1 is 1.38 bits per heavy atom. The van der Waals surface area contributed by atoms with E-state index in [4.69, 9.17) is 0 Å². The van der Waals surface area contributed by atoms with Gasteiger partial charge < -0.3 is 5.11 Å². The molecule has 4 heteroatoms. The molecular weight excluding hydrogens is 330 g/mol. The average molecular weight is 354 g/mol. The van der Waals surface area contributed by atoms with Crippen LogP contribution < -0.4 is 0 Å². The van der Waals surface area contributed by atoms with Gasteiger partial charge in [-0.3, -0.25) is 9.69 Å². The number of likely N-dealkylation sites (tertiary alicyclic amines) is 1. The molecule has 21 heavy (non-hydrogen) atoms. The summed E-state index contributed by atoms with van der Waals surface area (Å²) in [5.74, 6) is -0.493. The molecule has 1 heterocycles. The maximum Gasteiger partial charge on any atom is 0.311 e. The van der Waals surface area contributed by atoms with Crippen LogP contribution in [0, 0.1) is 11.3 Å². The molecule has 1 N–H and O–H groups in total. The van der Waals surface area contributed by atoms with Crippen molar-refractivity contribution in [2.24, 2.45) is 11.3 Å². The van der Waals surface area contributed by atoms with Crippen LogP contribution in [-0.4, -0.2) is 29.1 Å². The van der Waals surface area contributed by atoms with Crippen LogP contribution in [0.2, 0.25) is 0 Å². The molecule has 0 spiro atoms. The second-order valence-corrected chi connectivity index (χ2v) is 7.23. The van der Waals surface area contributed by atoms with Crippen LogP contribution in [0.15, 0.2) is 28.7 Å². The van der Waals surface area contributed by atoms with Crippen LogP contribution >= 0.6 is 15.9 Å². The quantitative estimate of drug-likeness (QED) is 0.856. The van der Waals surface area contributed by atoms with Gasteiger partial charge in [0.25, 0.3) is 0 Å². The summed E-state index contributed by atoms with van der Waals surface area (Å²) in [6, 6.07) is 8.68. The van der Waals surface area contributed by atoms with Crippen molar-refractivity contribution in [3.8, 4) is 0 Å². The van der Waals surface area contributed by atoms with E-state index in [2.05, 4.69) is 52.0 Å². The molecule has 0 amide bonds. The summed E-state index contributed by atoms with van der Waals surface area (Å²) < 4.78 is 1.07. The summed E-state index contributed by atoms with van der Waals surface area (Å²) in [5, 5.41) is 9.68. The predicted octanol–water partition coefficient (Wildman–Crippen LogP) is 4.33. The van der Waals surface area contributed by atoms with Gasteiger partial charge in [-0.25, -0.2) is 0 Å². The lowest BCUT2D eigenvalue weighted by Crippen LogP contribution is -2.40. The number of carbonyl (C=O) groups is 1. The van der Waals surface area contributed by atoms with Gasteiger partial charge >= 0.3 is 5.97 Å². The summed E-state index contributed by atoms with van der Waals surface area (Å²) in [6.45, 7) is 7.73. The number of carboxylic acid groups (broad SMARTS) is 1. The predicted molar refractivity (Wildman–Crippen MR) is 88.3 cm³/mol. The average Bonchev–Trinajstić information content (AvgIpc) is 2.88. The molecule has 2 atom stereocenters. The molecule has 116 valence electrons. The number of rotatable bonds is 5. The Morgan fingerprint density at radius 3 is 2.43 bits per heavy atom. The van der Waals surface area contributed by atoms with E-state index in [0.717, 1.165) is 23.9 Å². The molecule has 2 rings (SSSR count). The van der Waals surface area contributed by atoms with Crippen molar-refractivity contribution in [2.45, 2.75) is 39.7 Å². The van der Waals surface area contributed by atoms with Gasteiger partial charge in [0.15, 0.2) is 0 Å². The Balaban J connectivity index is 2.22. The maximum atomic E-state index is 11.8. The third kappa shape index (κ3) is 3.16. The van der Waals surface area contributed by atoms with Gasteiger partial charge in [-0.1, -0.05) is 48.8 Å². The van der Waals surface area contributed by atoms with Gasteiger partial charge in [-0.05, 0) is 43.0 Å². The zero-order chi connectivity index (χ0) is 15.6. The van der Waals surface area contributed by atoms with Crippen molar-refractivity contribution in [1.29, 1.82) is 0 Å². The summed E-state index contributed by atoms with van der Waals surface area (Å²) in [4.78, 5) is 14.1. The van der Waals surface area contributed by atoms with Crippen molar-refractivity contribution < 1.29 is 9.90 Å². The van der Waals surface area contributed by atoms with Crippen LogP contribution in [0.3, 0.4) is 0 Å². The third-order valence-corrected chi connectivity index (χ3v) is 5.47. The Bertz CT molecular complexity index is 500. The fraction of sp³-hybridized carbons (Fsp3) is 0.588. The first-order valence-electron chi connectivity index (χ1n) is 7.63. The van der Waals surface area contributed by atoms with Crippen LogP contribution in [0.4, 0.5) is 0 Å². The highest BCUT2D eigenvalue weighted by molar-refractivity contribution is 9.10. The van der Waals surface area contributed by atoms with Crippen molar-refractivity contribution in [1.82, 2.24) is 4.90 Å². The number of halogens is 1. The Hall–Kier alpha value is -0.870. The Labute approximate surface area is 135 Å². The fourth-order valence-electron chi connectivity index (χ4n) is 3.41. The van der Waals surface area contributed by atoms with E-state index in [1.54, 1.807) is 0 Å². The van der Waals surface area contributed by atoms with E-state index in [-0.39, 0.29) is 5.92 Å². The number of hydrogen-bond donors (Lipinski definition) is 1. The van der Waals surface area contributed by atoms with Crippen LogP contribution in [-0.2, 0) is 4.79 Å². The molecule has 2 unspecified atom stereocenters. The fourth-order valence-corrected chi connectivity index (χ4v) is 3.68. The first-order valence-corrected chi connectivity index (χ1v) is 8.43. The number of hydrogen-bond acceptors (Lipinski definition) is 2. The van der Waals surface area contributed by atoms with Crippen molar-refractivity contribution in [2.75, 3.05) is 13.1 Å². The lowest BCUT2D eigenvalue weighted by Gasteiger charge is -2.32. The summed E-state index contributed by atoms with van der Waals surface area (Å²) in [7, 11) is 0. The first-order chi connectivity index (χ1) is 9.90. The van der Waals surface area contributed by atoms with Crippen LogP contribution in [0.5, 0.6) is 0 Å². The molecule has 0 bridgehead atoms. The normalized spacial score (nSPS) is 24.4. The molecule has 1 saturated heterocycles. The minimum Gasteiger partial charge on any atom is -0.481 e. The maximum absolute atomic E-state index is 11.8. The second kappa shape index (κ2) is 6.49. The largest absolute Gasteiger partial charge is 0.481 e. The highest BCUT2D eigenvalue weighted by Gasteiger charge is 2.48. The van der Waals surface area contributed by atoms with E-state index in [1.807, 2.05) is 13.8 Å². The topological polar surface area (TPSA) is 40.5 Å². The first kappa shape index (κ1) is 16.5. The van der Waals surface area contributed by atoms with Gasteiger partial charge in [0.2, 0.25) is 0 Å². The summed E-state index contributed by atoms with van der Waals surface area (Å²) >= 11 is 3.46. The van der Waals surface area contributed by atoms with Crippen LogP contribution in [0.25, 0.3) is 0 Å². The lowest BCUT2D eigenvalue weighted by molar-refractivity contribution is -0.151. The lowest BCUT2D eigenvalue weighted by atomic mass is 9.76. The molecule has 0 radical (unpaired) electrons. The van der Waals surface area contributed by atoms with Gasteiger partial charge in [0, 0.05) is 17.1 Å². The van der Waals surface area contributed by atoms with Gasteiger partial charge in [0.1, 0.15) is 0 Å². The standard InChI is InChI=1S/C17H24BrNO2/c1-4-15(13-5-7-14(18)8-6-13)19-10-9-17(11-19,12(2)3)16(20)21/h5-8,12,15H,4,9-11H2,1-3H3,(H,20,21). The minimum absolute atomic E-state index is 0.155. The monoisotopic (exact) mass is 353 g/mol. The van der Waals surface area contributed by atoms with E-state index in [1.165, 1.54) is 5.56 Å². The Morgan fingerprint density at radius 2 is 2.00 bits per heavy atom. The van der Waals surface area contributed by atoms with Crippen LogP contribution in [0.1, 0.15) is 45.2 Å². The minimum atomic E-state index is -0.648. The number of benzene rings is 1. The van der Waals surface area contributed by atoms with E-state index < -0.39 is 11.4 Å². The van der Waals surface area contributed by atoms with Gasteiger partial charge in [0.05, 0.1) is 5.41 Å². The number of nitrogens with zero attached hydrogens (tertiary/aromatic N) is 1. The molecule has 0 saturated carbocycles. The molecule has 0 aromatic heterocycles. The molecule has 1 aliphatic heterocycles. The smallest absolute Gasteiger partial charge is 0.311 e. The molecule has 1 fully saturated rings.